The number of alkyl halides is 3. The molecule has 0 saturated heterocycles. The molecule has 0 amide bonds. The van der Waals surface area contributed by atoms with Crippen LogP contribution in [0.5, 0.6) is 0 Å². The van der Waals surface area contributed by atoms with Gasteiger partial charge in [-0.2, -0.15) is 4.68 Å². The molecule has 0 unspecified atom stereocenters. The minimum absolute atomic E-state index is 0.674. The summed E-state index contributed by atoms with van der Waals surface area (Å²) in [7, 11) is 3.76. The summed E-state index contributed by atoms with van der Waals surface area (Å²) in [5.74, 6) is 0. The van der Waals surface area contributed by atoms with Gasteiger partial charge >= 0.3 is 0 Å². The van der Waals surface area contributed by atoms with Gasteiger partial charge in [0, 0.05) is 6.07 Å². The molecule has 0 N–H and O–H groups in total. The molecule has 0 bridgehead atoms. The van der Waals surface area contributed by atoms with Crippen molar-refractivity contribution in [1.82, 2.24) is 4.68 Å². The molecule has 0 atom stereocenters. The molecule has 1 heterocycles. The van der Waals surface area contributed by atoms with Gasteiger partial charge < -0.3 is 0 Å². The van der Waals surface area contributed by atoms with E-state index < -0.39 is 3.79 Å². The average Bonchev–Trinajstić information content (AvgIpc) is 2.15. The van der Waals surface area contributed by atoms with Gasteiger partial charge in [-0.15, -0.1) is 4.68 Å². The maximum atomic E-state index is 5.75. The van der Waals surface area contributed by atoms with E-state index in [1.807, 2.05) is 36.4 Å². The average molecular weight is 229 g/mol. The lowest BCUT2D eigenvalue weighted by atomic mass is 10.4. The van der Waals surface area contributed by atoms with Crippen LogP contribution >= 0.6 is 34.8 Å². The number of nitrogens with zero attached hydrogens (tertiary/aromatic N) is 2. The molecule has 1 rings (SSSR count). The summed E-state index contributed by atoms with van der Waals surface area (Å²) in [6.45, 7) is 1.96. The monoisotopic (exact) mass is 227 g/mol. The summed E-state index contributed by atoms with van der Waals surface area (Å²) in [6.07, 6.45) is 0. The Labute approximate surface area is 86.6 Å². The van der Waals surface area contributed by atoms with E-state index >= 15 is 0 Å². The van der Waals surface area contributed by atoms with E-state index in [0.29, 0.717) is 5.69 Å². The lowest BCUT2D eigenvalue weighted by Crippen LogP contribution is -2.43. The van der Waals surface area contributed by atoms with Crippen LogP contribution in [0.25, 0.3) is 0 Å². The Morgan fingerprint density at radius 1 is 1.42 bits per heavy atom. The number of hydrogen-bond acceptors (Lipinski definition) is 0. The second-order valence-corrected chi connectivity index (χ2v) is 5.00. The molecule has 1 aromatic rings. The minimum Gasteiger partial charge on any atom is -0.161 e. The van der Waals surface area contributed by atoms with Gasteiger partial charge in [-0.25, -0.2) is 0 Å². The molecule has 0 saturated carbocycles. The third-order valence-electron chi connectivity index (χ3n) is 1.95. The second-order valence-electron chi connectivity index (χ2n) is 2.72. The van der Waals surface area contributed by atoms with Crippen molar-refractivity contribution in [2.75, 3.05) is 0 Å². The van der Waals surface area contributed by atoms with Crippen LogP contribution in [-0.2, 0) is 17.9 Å². The minimum atomic E-state index is -1.35. The third-order valence-corrected chi connectivity index (χ3v) is 2.53. The first-order chi connectivity index (χ1) is 5.34. The molecule has 68 valence electrons. The van der Waals surface area contributed by atoms with Crippen LogP contribution in [-0.4, -0.2) is 4.68 Å². The molecule has 0 aromatic carbocycles. The fourth-order valence-electron chi connectivity index (χ4n) is 1.05. The van der Waals surface area contributed by atoms with E-state index in [1.54, 1.807) is 0 Å². The zero-order chi connectivity index (χ0) is 9.52. The van der Waals surface area contributed by atoms with E-state index in [9.17, 15) is 0 Å². The lowest BCUT2D eigenvalue weighted by molar-refractivity contribution is -0.758. The normalized spacial score (nSPS) is 12.2. The van der Waals surface area contributed by atoms with Crippen LogP contribution in [0.15, 0.2) is 6.07 Å². The highest BCUT2D eigenvalue weighted by Crippen LogP contribution is 2.36. The van der Waals surface area contributed by atoms with Gasteiger partial charge in [0.2, 0.25) is 0 Å². The number of hydrogen-bond donors (Lipinski definition) is 0. The number of aryl methyl sites for hydroxylation is 1. The molecule has 0 radical (unpaired) electrons. The van der Waals surface area contributed by atoms with Crippen LogP contribution in [0, 0.1) is 6.92 Å². The largest absolute Gasteiger partial charge is 0.277 e. The maximum absolute atomic E-state index is 5.75. The summed E-state index contributed by atoms with van der Waals surface area (Å²) in [4.78, 5) is 0. The Hall–Kier alpha value is 0.0800. The van der Waals surface area contributed by atoms with Crippen LogP contribution in [0.2, 0.25) is 0 Å². The summed E-state index contributed by atoms with van der Waals surface area (Å²) in [6, 6.07) is 1.85. The SMILES string of the molecule is Cc1cc(C(Cl)(Cl)Cl)[n+](C)n1C. The highest BCUT2D eigenvalue weighted by molar-refractivity contribution is 6.66. The van der Waals surface area contributed by atoms with Gasteiger partial charge in [0.05, 0.1) is 12.7 Å². The highest BCUT2D eigenvalue weighted by atomic mass is 35.6. The first-order valence-electron chi connectivity index (χ1n) is 3.44. The highest BCUT2D eigenvalue weighted by Gasteiger charge is 2.35. The van der Waals surface area contributed by atoms with Crippen molar-refractivity contribution in [3.05, 3.63) is 17.5 Å². The Morgan fingerprint density at radius 3 is 2.08 bits per heavy atom. The van der Waals surface area contributed by atoms with Crippen LogP contribution in [0.1, 0.15) is 11.4 Å². The van der Waals surface area contributed by atoms with Gasteiger partial charge in [-0.3, -0.25) is 0 Å². The first kappa shape index (κ1) is 10.2. The summed E-state index contributed by atoms with van der Waals surface area (Å²) in [5.41, 5.74) is 1.73. The lowest BCUT2D eigenvalue weighted by Gasteiger charge is -2.03. The predicted molar refractivity (Wildman–Crippen MR) is 50.6 cm³/mol. The van der Waals surface area contributed by atoms with Gasteiger partial charge in [-0.1, -0.05) is 34.8 Å². The third kappa shape index (κ3) is 1.70. The fraction of sp³-hybridized carbons (Fsp3) is 0.571. The van der Waals surface area contributed by atoms with E-state index in [1.165, 1.54) is 0 Å². The molecule has 0 aliphatic rings. The van der Waals surface area contributed by atoms with Crippen molar-refractivity contribution in [1.29, 1.82) is 0 Å². The Bertz CT molecular complexity index is 298. The predicted octanol–water partition coefficient (Wildman–Crippen LogP) is 1.98. The van der Waals surface area contributed by atoms with Crippen molar-refractivity contribution in [2.24, 2.45) is 14.1 Å². The summed E-state index contributed by atoms with van der Waals surface area (Å²) in [5, 5.41) is 0. The number of halogens is 3. The summed E-state index contributed by atoms with van der Waals surface area (Å²) >= 11 is 17.2. The van der Waals surface area contributed by atoms with Crippen molar-refractivity contribution in [3.8, 4) is 0 Å². The second kappa shape index (κ2) is 3.09. The van der Waals surface area contributed by atoms with Crippen molar-refractivity contribution in [2.45, 2.75) is 10.7 Å². The van der Waals surface area contributed by atoms with Crippen molar-refractivity contribution < 1.29 is 4.68 Å². The van der Waals surface area contributed by atoms with Crippen LogP contribution in [0.3, 0.4) is 0 Å². The zero-order valence-corrected chi connectivity index (χ0v) is 9.37. The molecule has 2 nitrogen and oxygen atoms in total. The Morgan fingerprint density at radius 2 is 1.92 bits per heavy atom. The quantitative estimate of drug-likeness (QED) is 0.474. The molecule has 0 aliphatic heterocycles. The van der Waals surface area contributed by atoms with E-state index in [-0.39, 0.29) is 0 Å². The first-order valence-corrected chi connectivity index (χ1v) is 4.57. The molecular formula is C7H10Cl3N2+. The van der Waals surface area contributed by atoms with Gasteiger partial charge in [0.1, 0.15) is 0 Å². The van der Waals surface area contributed by atoms with Gasteiger partial charge in [0.25, 0.3) is 9.49 Å². The molecule has 5 heteroatoms. The zero-order valence-electron chi connectivity index (χ0n) is 7.11. The number of aromatic nitrogens is 2. The smallest absolute Gasteiger partial charge is 0.161 e. The van der Waals surface area contributed by atoms with Crippen molar-refractivity contribution >= 4 is 34.8 Å². The van der Waals surface area contributed by atoms with Gasteiger partial charge in [0.15, 0.2) is 7.05 Å². The molecular weight excluding hydrogens is 218 g/mol. The molecule has 12 heavy (non-hydrogen) atoms. The molecule has 0 fully saturated rings. The van der Waals surface area contributed by atoms with E-state index in [0.717, 1.165) is 5.69 Å². The summed E-state index contributed by atoms with van der Waals surface area (Å²) < 4.78 is 2.38. The number of rotatable bonds is 0. The van der Waals surface area contributed by atoms with Crippen molar-refractivity contribution in [3.63, 3.8) is 0 Å². The van der Waals surface area contributed by atoms with Crippen LogP contribution in [0.4, 0.5) is 0 Å². The fourth-order valence-corrected chi connectivity index (χ4v) is 1.58. The van der Waals surface area contributed by atoms with E-state index in [2.05, 4.69) is 0 Å². The molecule has 0 aliphatic carbocycles. The van der Waals surface area contributed by atoms with E-state index in [4.69, 9.17) is 34.8 Å². The van der Waals surface area contributed by atoms with Crippen LogP contribution < -0.4 is 4.68 Å². The standard InChI is InChI=1S/C7H10Cl3N2/c1-5-4-6(7(8,9)10)12(3)11(5)2/h4H,1-3H3/q+1. The van der Waals surface area contributed by atoms with Gasteiger partial charge in [-0.05, 0) is 6.92 Å². The Balaban J connectivity index is 3.28. The topological polar surface area (TPSA) is 8.81 Å². The molecule has 1 aromatic heterocycles. The molecule has 0 spiro atoms. The Kier molecular flexibility index (Phi) is 2.62. The maximum Gasteiger partial charge on any atom is 0.277 e.